The van der Waals surface area contributed by atoms with Gasteiger partial charge in [-0.3, -0.25) is 9.59 Å². The van der Waals surface area contributed by atoms with Crippen molar-refractivity contribution in [3.8, 4) is 0 Å². The summed E-state index contributed by atoms with van der Waals surface area (Å²) in [5.74, 6) is -3.00. The molecule has 0 aromatic heterocycles. The highest BCUT2D eigenvalue weighted by Crippen LogP contribution is 2.25. The van der Waals surface area contributed by atoms with Gasteiger partial charge in [-0.15, -0.1) is 0 Å². The zero-order chi connectivity index (χ0) is 17.1. The highest BCUT2D eigenvalue weighted by Gasteiger charge is 2.34. The first kappa shape index (κ1) is 18.7. The molecular formula is C15H19Cl2NO4. The molecule has 0 aliphatic heterocycles. The Morgan fingerprint density at radius 1 is 1.32 bits per heavy atom. The Morgan fingerprint density at radius 2 is 1.91 bits per heavy atom. The van der Waals surface area contributed by atoms with Crippen molar-refractivity contribution in [2.24, 2.45) is 11.7 Å². The summed E-state index contributed by atoms with van der Waals surface area (Å²) in [6.07, 6.45) is 0.0540. The Balaban J connectivity index is 3.05. The summed E-state index contributed by atoms with van der Waals surface area (Å²) in [6.45, 7) is 5.09. The molecule has 0 heterocycles. The summed E-state index contributed by atoms with van der Waals surface area (Å²) in [5, 5.41) is 9.90. The number of hydrogen-bond acceptors (Lipinski definition) is 4. The number of ether oxygens (including phenoxy) is 1. The third kappa shape index (κ3) is 5.48. The summed E-state index contributed by atoms with van der Waals surface area (Å²) in [5.41, 5.74) is 5.48. The predicted octanol–water partition coefficient (Wildman–Crippen LogP) is 2.91. The molecule has 22 heavy (non-hydrogen) atoms. The molecule has 0 saturated carbocycles. The van der Waals surface area contributed by atoms with Crippen LogP contribution < -0.4 is 5.73 Å². The van der Waals surface area contributed by atoms with E-state index in [0.717, 1.165) is 0 Å². The van der Waals surface area contributed by atoms with Gasteiger partial charge in [-0.25, -0.2) is 0 Å². The van der Waals surface area contributed by atoms with Crippen LogP contribution >= 0.6 is 23.2 Å². The topological polar surface area (TPSA) is 89.6 Å². The number of esters is 1. The zero-order valence-corrected chi connectivity index (χ0v) is 14.1. The third-order valence-corrected chi connectivity index (χ3v) is 3.47. The second-order valence-electron chi connectivity index (χ2n) is 5.94. The molecule has 0 aliphatic rings. The standard InChI is InChI=1S/C15H19Cl2NO4/c1-15(2,3)22-14(21)10(12(18)13(19)20)6-8-4-5-9(16)7-11(8)17/h4-5,7,10,12H,6,18H2,1-3H3,(H,19,20). The Bertz CT molecular complexity index is 569. The van der Waals surface area contributed by atoms with E-state index in [0.29, 0.717) is 15.6 Å². The average molecular weight is 348 g/mol. The zero-order valence-electron chi connectivity index (χ0n) is 12.6. The van der Waals surface area contributed by atoms with Crippen LogP contribution in [0.3, 0.4) is 0 Å². The first-order valence-corrected chi connectivity index (χ1v) is 7.42. The number of halogens is 2. The van der Waals surface area contributed by atoms with Gasteiger partial charge < -0.3 is 15.6 Å². The minimum absolute atomic E-state index is 0.0540. The summed E-state index contributed by atoms with van der Waals surface area (Å²) in [6, 6.07) is 3.39. The molecule has 0 aliphatic carbocycles. The molecule has 3 N–H and O–H groups in total. The highest BCUT2D eigenvalue weighted by atomic mass is 35.5. The van der Waals surface area contributed by atoms with E-state index in [1.54, 1.807) is 32.9 Å². The molecule has 0 saturated heterocycles. The van der Waals surface area contributed by atoms with Crippen molar-refractivity contribution in [3.05, 3.63) is 33.8 Å². The van der Waals surface area contributed by atoms with Crippen molar-refractivity contribution in [2.75, 3.05) is 0 Å². The van der Waals surface area contributed by atoms with Gasteiger partial charge in [0.2, 0.25) is 0 Å². The average Bonchev–Trinajstić information content (AvgIpc) is 2.34. The fourth-order valence-electron chi connectivity index (χ4n) is 1.83. The third-order valence-electron chi connectivity index (χ3n) is 2.88. The van der Waals surface area contributed by atoms with E-state index in [1.807, 2.05) is 0 Å². The predicted molar refractivity (Wildman–Crippen MR) is 85.1 cm³/mol. The SMILES string of the molecule is CC(C)(C)OC(=O)C(Cc1ccc(Cl)cc1Cl)C(N)C(=O)O. The van der Waals surface area contributed by atoms with Crippen LogP contribution in [0.15, 0.2) is 18.2 Å². The Labute approximate surface area is 139 Å². The largest absolute Gasteiger partial charge is 0.480 e. The van der Waals surface area contributed by atoms with Crippen molar-refractivity contribution in [2.45, 2.75) is 38.8 Å². The minimum Gasteiger partial charge on any atom is -0.480 e. The Kier molecular flexibility index (Phi) is 6.23. The molecule has 1 aromatic rings. The monoisotopic (exact) mass is 347 g/mol. The van der Waals surface area contributed by atoms with Gasteiger partial charge in [-0.1, -0.05) is 29.3 Å². The second kappa shape index (κ2) is 7.31. The van der Waals surface area contributed by atoms with Crippen molar-refractivity contribution in [3.63, 3.8) is 0 Å². The first-order valence-electron chi connectivity index (χ1n) is 6.66. The van der Waals surface area contributed by atoms with Crippen LogP contribution in [0.25, 0.3) is 0 Å². The molecule has 2 unspecified atom stereocenters. The van der Waals surface area contributed by atoms with Crippen molar-refractivity contribution in [1.29, 1.82) is 0 Å². The van der Waals surface area contributed by atoms with Crippen LogP contribution in [-0.2, 0) is 20.7 Å². The first-order chi connectivity index (χ1) is 10.0. The molecule has 0 amide bonds. The van der Waals surface area contributed by atoms with E-state index in [-0.39, 0.29) is 6.42 Å². The lowest BCUT2D eigenvalue weighted by Crippen LogP contribution is -2.45. The lowest BCUT2D eigenvalue weighted by atomic mass is 9.92. The van der Waals surface area contributed by atoms with E-state index in [1.165, 1.54) is 6.07 Å². The fraction of sp³-hybridized carbons (Fsp3) is 0.467. The summed E-state index contributed by atoms with van der Waals surface area (Å²) < 4.78 is 5.26. The van der Waals surface area contributed by atoms with Gasteiger partial charge in [0, 0.05) is 10.0 Å². The summed E-state index contributed by atoms with van der Waals surface area (Å²) in [4.78, 5) is 23.4. The highest BCUT2D eigenvalue weighted by molar-refractivity contribution is 6.35. The number of rotatable bonds is 5. The molecule has 5 nitrogen and oxygen atoms in total. The van der Waals surface area contributed by atoms with Gasteiger partial charge in [0.15, 0.2) is 0 Å². The number of hydrogen-bond donors (Lipinski definition) is 2. The lowest BCUT2D eigenvalue weighted by Gasteiger charge is -2.26. The van der Waals surface area contributed by atoms with Gasteiger partial charge in [-0.05, 0) is 44.9 Å². The van der Waals surface area contributed by atoms with Crippen LogP contribution in [-0.4, -0.2) is 28.7 Å². The maximum absolute atomic E-state index is 12.3. The second-order valence-corrected chi connectivity index (χ2v) is 6.79. The van der Waals surface area contributed by atoms with Crippen LogP contribution in [0.2, 0.25) is 10.0 Å². The molecule has 0 radical (unpaired) electrons. The number of nitrogens with two attached hydrogens (primary N) is 1. The smallest absolute Gasteiger partial charge is 0.321 e. The summed E-state index contributed by atoms with van der Waals surface area (Å²) in [7, 11) is 0. The van der Waals surface area contributed by atoms with E-state index in [4.69, 9.17) is 38.8 Å². The van der Waals surface area contributed by atoms with E-state index >= 15 is 0 Å². The summed E-state index contributed by atoms with van der Waals surface area (Å²) >= 11 is 11.9. The number of benzene rings is 1. The van der Waals surface area contributed by atoms with Crippen LogP contribution in [0.1, 0.15) is 26.3 Å². The molecule has 1 aromatic carbocycles. The minimum atomic E-state index is -1.39. The fourth-order valence-corrected chi connectivity index (χ4v) is 2.32. The number of carbonyl (C=O) groups excluding carboxylic acids is 1. The number of carbonyl (C=O) groups is 2. The quantitative estimate of drug-likeness (QED) is 0.799. The van der Waals surface area contributed by atoms with Gasteiger partial charge in [0.1, 0.15) is 11.6 Å². The van der Waals surface area contributed by atoms with E-state index in [2.05, 4.69) is 0 Å². The van der Waals surface area contributed by atoms with E-state index in [9.17, 15) is 9.59 Å². The molecule has 2 atom stereocenters. The van der Waals surface area contributed by atoms with Crippen molar-refractivity contribution >= 4 is 35.1 Å². The molecule has 1 rings (SSSR count). The van der Waals surface area contributed by atoms with Gasteiger partial charge >= 0.3 is 11.9 Å². The van der Waals surface area contributed by atoms with Gasteiger partial charge in [-0.2, -0.15) is 0 Å². The van der Waals surface area contributed by atoms with Crippen LogP contribution in [0, 0.1) is 5.92 Å². The molecule has 0 fully saturated rings. The number of carboxylic acid groups (broad SMARTS) is 1. The van der Waals surface area contributed by atoms with Crippen LogP contribution in [0.5, 0.6) is 0 Å². The molecule has 0 bridgehead atoms. The molecule has 7 heteroatoms. The molecule has 122 valence electrons. The Morgan fingerprint density at radius 3 is 2.36 bits per heavy atom. The molecular weight excluding hydrogens is 329 g/mol. The maximum atomic E-state index is 12.3. The van der Waals surface area contributed by atoms with Crippen LogP contribution in [0.4, 0.5) is 0 Å². The van der Waals surface area contributed by atoms with Crippen molar-refractivity contribution < 1.29 is 19.4 Å². The number of aliphatic carboxylic acids is 1. The molecule has 0 spiro atoms. The maximum Gasteiger partial charge on any atom is 0.321 e. The lowest BCUT2D eigenvalue weighted by molar-refractivity contribution is -0.163. The van der Waals surface area contributed by atoms with Gasteiger partial charge in [0.25, 0.3) is 0 Å². The number of carboxylic acids is 1. The Hall–Kier alpha value is -1.30. The van der Waals surface area contributed by atoms with Gasteiger partial charge in [0.05, 0.1) is 5.92 Å². The normalized spacial score (nSPS) is 14.3. The van der Waals surface area contributed by atoms with Crippen molar-refractivity contribution in [1.82, 2.24) is 0 Å². The van der Waals surface area contributed by atoms with E-state index < -0.39 is 29.5 Å².